The zero-order valence-corrected chi connectivity index (χ0v) is 81.4. The maximum absolute atomic E-state index is 12.8. The van der Waals surface area contributed by atoms with Gasteiger partial charge < -0.3 is 19.2 Å². The van der Waals surface area contributed by atoms with Gasteiger partial charge in [0.2, 0.25) is 0 Å². The number of ether oxygens (including phenoxy) is 3. The van der Waals surface area contributed by atoms with Crippen molar-refractivity contribution in [3.8, 4) is 17.0 Å². The number of aromatic nitrogens is 6. The first-order valence-electron chi connectivity index (χ1n) is 37.6. The third-order valence-electron chi connectivity index (χ3n) is 16.7. The first kappa shape index (κ1) is 109. The Balaban J connectivity index is 0.000000362. The quantitative estimate of drug-likeness (QED) is 0.0149. The van der Waals surface area contributed by atoms with Crippen molar-refractivity contribution in [2.75, 3.05) is 60.2 Å². The third kappa shape index (κ3) is 42.5. The Bertz CT molecular complexity index is 5220. The van der Waals surface area contributed by atoms with E-state index >= 15 is 0 Å². The Morgan fingerprint density at radius 1 is 0.566 bits per heavy atom. The predicted octanol–water partition coefficient (Wildman–Crippen LogP) is 17.2. The van der Waals surface area contributed by atoms with Crippen LogP contribution in [0.15, 0.2) is 159 Å². The van der Waals surface area contributed by atoms with Gasteiger partial charge in [-0.15, -0.1) is 11.3 Å². The van der Waals surface area contributed by atoms with Crippen LogP contribution in [-0.2, 0) is 117 Å². The Morgan fingerprint density at radius 3 is 1.64 bits per heavy atom. The molecule has 0 bridgehead atoms. The number of hydrogen-bond acceptors (Lipinski definition) is 27. The van der Waals surface area contributed by atoms with Crippen LogP contribution in [0.3, 0.4) is 0 Å². The van der Waals surface area contributed by atoms with Crippen LogP contribution in [0.25, 0.3) is 22.2 Å². The van der Waals surface area contributed by atoms with Crippen LogP contribution in [-0.4, -0.2) is 154 Å². The molecule has 0 unspecified atom stereocenters. The zero-order valence-electron chi connectivity index (χ0n) is 69.5. The van der Waals surface area contributed by atoms with Crippen LogP contribution in [0, 0.1) is 40.4 Å². The van der Waals surface area contributed by atoms with Crippen LogP contribution < -0.4 is 10.3 Å². The van der Waals surface area contributed by atoms with Gasteiger partial charge in [0.05, 0.1) is 49.5 Å². The molecule has 6 aromatic carbocycles. The van der Waals surface area contributed by atoms with Crippen LogP contribution in [0.1, 0.15) is 116 Å². The number of carbonyl (C=O) groups is 10. The van der Waals surface area contributed by atoms with E-state index in [1.54, 1.807) is 56.1 Å². The van der Waals surface area contributed by atoms with Gasteiger partial charge in [-0.05, 0) is 161 Å². The first-order valence-corrected chi connectivity index (χ1v) is 45.5. The normalized spacial score (nSPS) is 10.4. The van der Waals surface area contributed by atoms with Crippen molar-refractivity contribution in [2.45, 2.75) is 125 Å². The molecule has 0 aliphatic rings. The summed E-state index contributed by atoms with van der Waals surface area (Å²) in [6.07, 6.45) is 5.32. The predicted molar refractivity (Wildman–Crippen MR) is 520 cm³/mol. The van der Waals surface area contributed by atoms with Crippen LogP contribution in [0.5, 0.6) is 5.75 Å². The van der Waals surface area contributed by atoms with Gasteiger partial charge in [0, 0.05) is 151 Å². The van der Waals surface area contributed by atoms with E-state index in [4.69, 9.17) is 21.1 Å². The number of nitrogens with one attached hydrogen (secondary N) is 1. The van der Waals surface area contributed by atoms with Crippen molar-refractivity contribution in [3.63, 3.8) is 0 Å². The second kappa shape index (κ2) is 57.9. The van der Waals surface area contributed by atoms with E-state index in [-0.39, 0.29) is 117 Å². The van der Waals surface area contributed by atoms with Gasteiger partial charge in [-0.25, -0.2) is 19.2 Å². The largest absolute Gasteiger partial charge is 0.497 e. The fourth-order valence-corrected chi connectivity index (χ4v) is 13.0. The summed E-state index contributed by atoms with van der Waals surface area (Å²) in [6, 6.07) is 40.6. The number of carbonyl (C=O) groups excluding carboxylic acids is 10. The monoisotopic (exact) mass is 1980 g/mol. The maximum atomic E-state index is 12.8. The SMILES string of the molecule is CC(C)(C)OC(=O)CCc1ccc(CC(=O)CS)cc1.COC(=O)c1cc(Br)ccc1CC(=O)CS.COc1cc(CC(=O)CS)c2ncccc2c1.Cc1cc(CC(=O)CS)ccc1Cl.Cc1cc(CC(=O)CS)n(C)n1.Cc1ccc(-c2csc(CC(=O)CS)n2)cc1.Cc1nc(CC(=O)CS)[nH]c(=O)c1C.O=C(CS)Cc1cc(F)ccc1Br. The molecule has 0 fully saturated rings. The average molecular weight is 1980 g/mol. The number of pyridine rings is 1. The summed E-state index contributed by atoms with van der Waals surface area (Å²) in [5.41, 5.74) is 13.3. The molecule has 0 aliphatic heterocycles. The number of halogens is 4. The number of Topliss-reactive ketones (excluding diaryl/α,β-unsaturated/α-hetero) is 8. The highest BCUT2D eigenvalue weighted by molar-refractivity contribution is 9.10. The number of ketones is 8. The molecule has 1 N–H and O–H groups in total. The minimum atomic E-state index is -0.441. The molecule has 0 atom stereocenters. The lowest BCUT2D eigenvalue weighted by Gasteiger charge is -2.19. The Hall–Kier alpha value is -7.47. The van der Waals surface area contributed by atoms with Crippen molar-refractivity contribution in [2.24, 2.45) is 7.05 Å². The number of nitrogens with zero attached hydrogens (tertiary/aromatic N) is 5. The van der Waals surface area contributed by atoms with Crippen LogP contribution in [0.4, 0.5) is 4.39 Å². The van der Waals surface area contributed by atoms with Crippen molar-refractivity contribution < 1.29 is 66.5 Å². The molecule has 10 rings (SSSR count). The molecule has 10 aromatic rings. The Morgan fingerprint density at radius 2 is 1.10 bits per heavy atom. The molecule has 0 spiro atoms. The molecule has 4 aromatic heterocycles. The minimum Gasteiger partial charge on any atom is -0.497 e. The number of thiazole rings is 1. The second-order valence-corrected chi connectivity index (χ2v) is 33.6. The zero-order chi connectivity index (χ0) is 91.3. The van der Waals surface area contributed by atoms with Gasteiger partial charge in [-0.3, -0.25) is 57.6 Å². The Labute approximate surface area is 782 Å². The topological polar surface area (TPSA) is 288 Å². The molecule has 4 heterocycles. The molecular weight excluding hydrogens is 1880 g/mol. The second-order valence-electron chi connectivity index (χ2n) is 28.0. The van der Waals surface area contributed by atoms with Crippen LogP contribution >= 0.6 is 156 Å². The lowest BCUT2D eigenvalue weighted by molar-refractivity contribution is -0.154. The van der Waals surface area contributed by atoms with Gasteiger partial charge in [0.25, 0.3) is 5.56 Å². The highest BCUT2D eigenvalue weighted by Gasteiger charge is 2.19. The molecular formula is C89H102Br2ClFN6O14S9. The molecule has 654 valence electrons. The van der Waals surface area contributed by atoms with E-state index in [1.165, 1.54) is 36.1 Å². The summed E-state index contributed by atoms with van der Waals surface area (Å²) in [7, 11) is 4.77. The number of aromatic amines is 1. The fraction of sp³-hybridized carbons (Fsp3) is 0.337. The lowest BCUT2D eigenvalue weighted by Crippen LogP contribution is -2.24. The van der Waals surface area contributed by atoms with Gasteiger partial charge in [-0.2, -0.15) is 106 Å². The van der Waals surface area contributed by atoms with Crippen molar-refractivity contribution in [1.29, 1.82) is 0 Å². The molecule has 20 nitrogen and oxygen atoms in total. The Kier molecular flexibility index (Phi) is 51.6. The summed E-state index contributed by atoms with van der Waals surface area (Å²) in [4.78, 5) is 139. The number of H-pyrrole nitrogens is 1. The van der Waals surface area contributed by atoms with Gasteiger partial charge in [0.15, 0.2) is 0 Å². The third-order valence-corrected chi connectivity index (χ3v) is 22.0. The maximum Gasteiger partial charge on any atom is 0.338 e. The van der Waals surface area contributed by atoms with E-state index in [0.717, 1.165) is 86.1 Å². The van der Waals surface area contributed by atoms with Gasteiger partial charge in [-0.1, -0.05) is 122 Å². The van der Waals surface area contributed by atoms with E-state index < -0.39 is 11.6 Å². The number of rotatable bonds is 30. The number of hydrogen-bond donors (Lipinski definition) is 9. The molecule has 0 radical (unpaired) electrons. The van der Waals surface area contributed by atoms with E-state index in [1.807, 2.05) is 120 Å². The number of aryl methyl sites for hydroxylation is 6. The lowest BCUT2D eigenvalue weighted by atomic mass is 10.0. The highest BCUT2D eigenvalue weighted by Crippen LogP contribution is 2.27. The van der Waals surface area contributed by atoms with E-state index in [9.17, 15) is 57.1 Å². The highest BCUT2D eigenvalue weighted by atomic mass is 79.9. The van der Waals surface area contributed by atoms with Crippen molar-refractivity contribution >= 4 is 225 Å². The standard InChI is InChI=1S/C16H22O3S.C13H13NO2S.C13H13NOS2.C11H11BrO3S.C10H11ClOS.C9H8BrFOS.C9H12N2O2S.C8H12N2OS/c1-16(2,3)19-15(18)9-8-12-4-6-13(7-5-12)10-14(17)11-20;1-16-12-6-9-3-2-4-14-13(9)10(7-12)5-11(15)8-17;1-9-2-4-10(5-3-9)12-8-17-13(14-12)6-11(15)7-16;1-15-11(14)10-5-8(12)3-2-7(10)4-9(13)6-16;1-7-4-8(2-3-10(7)11)5-9(12)6-13;10-9-2-1-7(11)3-6(9)4-8(12)5-13;1-5-6(2)10-8(11-9(5)13)3-7(12)4-14;1-6-3-7(10(2)9-6)4-8(11)5-12/h4-7,20H,8-11H2,1-3H3;2-4,6-7,17H,5,8H2,1H3;2-5,8,16H,6-7H2,1H3;2-3,5,16H,4,6H2,1H3;2-4,13H,5-6H2,1H3;1-3,13H,4-5H2;14H,3-4H2,1-2H3,(H,10,11,13);3,12H,4-5H2,1-2H3. The number of fused-ring (bicyclic) bond motifs is 1. The molecule has 122 heavy (non-hydrogen) atoms. The summed E-state index contributed by atoms with van der Waals surface area (Å²) in [5, 5.41) is 8.71. The average Bonchev–Trinajstić information content (AvgIpc) is 1.03. The van der Waals surface area contributed by atoms with Crippen molar-refractivity contribution in [1.82, 2.24) is 29.7 Å². The van der Waals surface area contributed by atoms with Crippen molar-refractivity contribution in [3.05, 3.63) is 259 Å². The van der Waals surface area contributed by atoms with E-state index in [0.29, 0.717) is 90.2 Å². The van der Waals surface area contributed by atoms with Gasteiger partial charge >= 0.3 is 11.9 Å². The number of thiol groups is 8. The molecule has 0 saturated heterocycles. The summed E-state index contributed by atoms with van der Waals surface area (Å²) < 4.78 is 31.1. The molecule has 0 amide bonds. The number of benzene rings is 6. The number of esters is 2. The smallest absolute Gasteiger partial charge is 0.338 e. The van der Waals surface area contributed by atoms with Crippen LogP contribution in [0.2, 0.25) is 5.02 Å². The van der Waals surface area contributed by atoms with Gasteiger partial charge in [0.1, 0.15) is 74.3 Å². The number of methoxy groups -OCH3 is 2. The first-order chi connectivity index (χ1) is 57.7. The summed E-state index contributed by atoms with van der Waals surface area (Å²) in [6.45, 7) is 14.9. The van der Waals surface area contributed by atoms with E-state index in [2.05, 4.69) is 194 Å². The molecule has 0 saturated carbocycles. The summed E-state index contributed by atoms with van der Waals surface area (Å²) >= 11 is 45.2. The minimum absolute atomic E-state index is 0.0189. The fourth-order valence-electron chi connectivity index (χ4n) is 10.4. The molecule has 33 heteroatoms. The molecule has 0 aliphatic carbocycles. The summed E-state index contributed by atoms with van der Waals surface area (Å²) in [5.74, 6) is 2.52.